The predicted molar refractivity (Wildman–Crippen MR) is 170 cm³/mol. The Morgan fingerprint density at radius 3 is 1.75 bits per heavy atom. The van der Waals surface area contributed by atoms with E-state index in [0.717, 1.165) is 38.8 Å². The fourth-order valence-corrected chi connectivity index (χ4v) is 6.86. The summed E-state index contributed by atoms with van der Waals surface area (Å²) in [5.74, 6) is 0.654. The minimum atomic E-state index is -0.0764. The topological polar surface area (TPSA) is 82.2 Å². The van der Waals surface area contributed by atoms with Gasteiger partial charge >= 0.3 is 6.03 Å². The van der Waals surface area contributed by atoms with Crippen LogP contribution in [0, 0.1) is 5.92 Å². The van der Waals surface area contributed by atoms with Gasteiger partial charge in [0.25, 0.3) is 0 Å². The fraction of sp³-hybridized carbons (Fsp3) is 0.794. The van der Waals surface area contributed by atoms with E-state index in [1.807, 2.05) is 4.90 Å². The maximum absolute atomic E-state index is 13.8. The van der Waals surface area contributed by atoms with Crippen molar-refractivity contribution in [1.29, 1.82) is 0 Å². The number of hydrogen-bond donors (Lipinski definition) is 0. The molecule has 0 bridgehead atoms. The zero-order valence-corrected chi connectivity index (χ0v) is 27.5. The molecule has 1 aromatic carbocycles. The van der Waals surface area contributed by atoms with Crippen molar-refractivity contribution < 1.29 is 33.2 Å². The molecule has 2 amide bonds. The van der Waals surface area contributed by atoms with Crippen molar-refractivity contribution in [1.82, 2.24) is 14.7 Å². The van der Waals surface area contributed by atoms with Crippen LogP contribution >= 0.6 is 0 Å². The first kappa shape index (κ1) is 35.1. The van der Waals surface area contributed by atoms with Crippen LogP contribution in [0.5, 0.6) is 0 Å². The lowest BCUT2D eigenvalue weighted by atomic mass is 9.68. The molecule has 1 aromatic rings. The molecule has 10 nitrogen and oxygen atoms in total. The summed E-state index contributed by atoms with van der Waals surface area (Å²) in [4.78, 5) is 20.5. The lowest BCUT2D eigenvalue weighted by Crippen LogP contribution is -2.56. The summed E-state index contributed by atoms with van der Waals surface area (Å²) >= 11 is 0. The Bertz CT molecular complexity index is 938. The third-order valence-electron chi connectivity index (χ3n) is 9.83. The average Bonchev–Trinajstić information content (AvgIpc) is 3.26. The van der Waals surface area contributed by atoms with Gasteiger partial charge in [-0.2, -0.15) is 0 Å². The number of carbonyl (C=O) groups excluding carboxylic acids is 1. The van der Waals surface area contributed by atoms with E-state index in [0.29, 0.717) is 85.1 Å². The molecule has 10 heteroatoms. The van der Waals surface area contributed by atoms with Crippen LogP contribution < -0.4 is 0 Å². The van der Waals surface area contributed by atoms with E-state index >= 15 is 0 Å². The molecule has 250 valence electrons. The molecule has 1 spiro atoms. The highest BCUT2D eigenvalue weighted by molar-refractivity contribution is 5.78. The second kappa shape index (κ2) is 18.4. The molecule has 1 aliphatic heterocycles. The van der Waals surface area contributed by atoms with Crippen molar-refractivity contribution in [2.24, 2.45) is 5.92 Å². The number of amides is 2. The van der Waals surface area contributed by atoms with Crippen LogP contribution in [0.2, 0.25) is 0 Å². The monoisotopic (exact) mass is 619 g/mol. The Labute approximate surface area is 265 Å². The molecule has 0 radical (unpaired) electrons. The van der Waals surface area contributed by atoms with E-state index < -0.39 is 0 Å². The first-order chi connectivity index (χ1) is 21.5. The summed E-state index contributed by atoms with van der Waals surface area (Å²) < 4.78 is 32.8. The van der Waals surface area contributed by atoms with Crippen LogP contribution in [0.3, 0.4) is 0 Å². The number of benzene rings is 1. The lowest BCUT2D eigenvalue weighted by molar-refractivity contribution is -0.0152. The van der Waals surface area contributed by atoms with E-state index in [4.69, 9.17) is 28.4 Å². The molecule has 3 fully saturated rings. The molecular weight excluding hydrogens is 562 g/mol. The summed E-state index contributed by atoms with van der Waals surface area (Å²) in [6.45, 7) is 8.28. The highest BCUT2D eigenvalue weighted by atomic mass is 16.6. The standard InChI is InChI=1S/C34H57N3O7/c1-35(2)34(31-10-5-4-6-11-31)14-12-33(13-15-34)29-36(32(38)37(33)28-30-8-7-9-30)16-17-40-20-21-42-24-25-44-27-26-43-23-22-41-19-18-39-3/h4-6,10-11,30H,7-9,12-29H2,1-3H3. The van der Waals surface area contributed by atoms with Crippen LogP contribution in [-0.4, -0.2) is 140 Å². The van der Waals surface area contributed by atoms with Crippen LogP contribution in [-0.2, 0) is 34.0 Å². The SMILES string of the molecule is COCCOCCOCCOCCOCCOCCN1CC2(CCC(c3ccccc3)(N(C)C)CC2)N(CC2CCC2)C1=O. The van der Waals surface area contributed by atoms with Gasteiger partial charge < -0.3 is 38.2 Å². The summed E-state index contributed by atoms with van der Waals surface area (Å²) in [5, 5.41) is 0. The molecule has 1 heterocycles. The number of rotatable bonds is 22. The number of methoxy groups -OCH3 is 1. The normalized spacial score (nSPS) is 24.1. The highest BCUT2D eigenvalue weighted by Crippen LogP contribution is 2.49. The van der Waals surface area contributed by atoms with Crippen LogP contribution in [0.4, 0.5) is 4.79 Å². The van der Waals surface area contributed by atoms with Crippen molar-refractivity contribution >= 4 is 6.03 Å². The molecule has 2 aliphatic carbocycles. The Morgan fingerprint density at radius 1 is 0.750 bits per heavy atom. The molecule has 0 N–H and O–H groups in total. The van der Waals surface area contributed by atoms with Crippen molar-refractivity contribution in [3.05, 3.63) is 35.9 Å². The maximum atomic E-state index is 13.8. The summed E-state index contributed by atoms with van der Waals surface area (Å²) in [5.41, 5.74) is 1.33. The largest absolute Gasteiger partial charge is 0.382 e. The number of ether oxygens (including phenoxy) is 6. The van der Waals surface area contributed by atoms with Gasteiger partial charge in [0.1, 0.15) is 0 Å². The maximum Gasteiger partial charge on any atom is 0.320 e. The molecule has 4 rings (SSSR count). The quantitative estimate of drug-likeness (QED) is 0.180. The number of hydrogen-bond acceptors (Lipinski definition) is 8. The molecule has 0 atom stereocenters. The predicted octanol–water partition coefficient (Wildman–Crippen LogP) is 4.02. The van der Waals surface area contributed by atoms with Gasteiger partial charge in [0.2, 0.25) is 0 Å². The number of urea groups is 1. The van der Waals surface area contributed by atoms with Crippen LogP contribution in [0.1, 0.15) is 50.5 Å². The van der Waals surface area contributed by atoms with E-state index in [1.54, 1.807) is 7.11 Å². The van der Waals surface area contributed by atoms with Crippen LogP contribution in [0.15, 0.2) is 30.3 Å². The van der Waals surface area contributed by atoms with Gasteiger partial charge in [0.05, 0.1) is 78.2 Å². The third-order valence-corrected chi connectivity index (χ3v) is 9.83. The van der Waals surface area contributed by atoms with Crippen LogP contribution in [0.25, 0.3) is 0 Å². The first-order valence-corrected chi connectivity index (χ1v) is 16.7. The van der Waals surface area contributed by atoms with Gasteiger partial charge in [-0.1, -0.05) is 36.8 Å². The summed E-state index contributed by atoms with van der Waals surface area (Å²) in [6.07, 6.45) is 7.96. The fourth-order valence-electron chi connectivity index (χ4n) is 6.86. The van der Waals surface area contributed by atoms with Crippen molar-refractivity contribution in [3.63, 3.8) is 0 Å². The van der Waals surface area contributed by atoms with Crippen molar-refractivity contribution in [2.45, 2.75) is 56.0 Å². The van der Waals surface area contributed by atoms with Gasteiger partial charge in [-0.25, -0.2) is 4.79 Å². The van der Waals surface area contributed by atoms with Crippen molar-refractivity contribution in [2.75, 3.05) is 114 Å². The molecule has 2 saturated carbocycles. The molecule has 0 unspecified atom stereocenters. The average molecular weight is 620 g/mol. The molecule has 0 aromatic heterocycles. The van der Waals surface area contributed by atoms with Gasteiger partial charge in [-0.05, 0) is 64.1 Å². The van der Waals surface area contributed by atoms with Gasteiger partial charge in [0.15, 0.2) is 0 Å². The zero-order valence-electron chi connectivity index (χ0n) is 27.5. The molecule has 1 saturated heterocycles. The minimum absolute atomic E-state index is 0.0204. The Morgan fingerprint density at radius 2 is 1.27 bits per heavy atom. The van der Waals surface area contributed by atoms with Gasteiger partial charge in [-0.3, -0.25) is 4.90 Å². The second-order valence-corrected chi connectivity index (χ2v) is 12.7. The van der Waals surface area contributed by atoms with E-state index in [2.05, 4.69) is 54.2 Å². The Kier molecular flexibility index (Phi) is 14.6. The molecule has 44 heavy (non-hydrogen) atoms. The van der Waals surface area contributed by atoms with E-state index in [1.165, 1.54) is 24.8 Å². The smallest absolute Gasteiger partial charge is 0.320 e. The Hall–Kier alpha value is -1.79. The third kappa shape index (κ3) is 9.61. The van der Waals surface area contributed by atoms with E-state index in [9.17, 15) is 4.79 Å². The summed E-state index contributed by atoms with van der Waals surface area (Å²) in [6, 6.07) is 11.1. The Balaban J connectivity index is 1.12. The van der Waals surface area contributed by atoms with E-state index in [-0.39, 0.29) is 17.1 Å². The molecule has 3 aliphatic rings. The summed E-state index contributed by atoms with van der Waals surface area (Å²) in [7, 11) is 6.07. The van der Waals surface area contributed by atoms with Gasteiger partial charge in [0, 0.05) is 32.3 Å². The zero-order chi connectivity index (χ0) is 31.1. The minimum Gasteiger partial charge on any atom is -0.382 e. The van der Waals surface area contributed by atoms with Crippen molar-refractivity contribution in [3.8, 4) is 0 Å². The number of carbonyl (C=O) groups is 1. The first-order valence-electron chi connectivity index (χ1n) is 16.7. The number of nitrogens with zero attached hydrogens (tertiary/aromatic N) is 3. The second-order valence-electron chi connectivity index (χ2n) is 12.7. The highest BCUT2D eigenvalue weighted by Gasteiger charge is 2.54. The van der Waals surface area contributed by atoms with Gasteiger partial charge in [-0.15, -0.1) is 0 Å². The molecular formula is C34H57N3O7. The lowest BCUT2D eigenvalue weighted by Gasteiger charge is -2.51.